The van der Waals surface area contributed by atoms with Crippen molar-refractivity contribution < 1.29 is 21.0 Å². The van der Waals surface area contributed by atoms with Gasteiger partial charge in [-0.25, -0.2) is 9.97 Å². The van der Waals surface area contributed by atoms with Crippen LogP contribution in [0.3, 0.4) is 0 Å². The van der Waals surface area contributed by atoms with E-state index in [0.29, 0.717) is 0 Å². The molecule has 5 rings (SSSR count). The molecular weight excluding hydrogens is 578 g/mol. The molecule has 3 aromatic rings. The Morgan fingerprint density at radius 3 is 1.38 bits per heavy atom. The Balaban J connectivity index is 0.00000137. The van der Waals surface area contributed by atoms with Crippen LogP contribution in [0.25, 0.3) is 44.4 Å². The first-order chi connectivity index (χ1) is 18.3. The van der Waals surface area contributed by atoms with Crippen molar-refractivity contribution in [3.8, 4) is 0 Å². The van der Waals surface area contributed by atoms with Gasteiger partial charge < -0.3 is 9.97 Å². The zero-order chi connectivity index (χ0) is 27.7. The van der Waals surface area contributed by atoms with Gasteiger partial charge in [-0.1, -0.05) is 27.7 Å². The predicted molar refractivity (Wildman–Crippen MR) is 170 cm³/mol. The summed E-state index contributed by atoms with van der Waals surface area (Å²) in [5.41, 5.74) is 19.3. The molecule has 0 radical (unpaired) electrons. The van der Waals surface area contributed by atoms with E-state index in [2.05, 4.69) is 89.6 Å². The maximum absolute atomic E-state index is 8.19. The first kappa shape index (κ1) is 33.8. The molecule has 5 heterocycles. The Hall–Kier alpha value is -2.44. The van der Waals surface area contributed by atoms with Gasteiger partial charge in [0.1, 0.15) is 0 Å². The van der Waals surface area contributed by atoms with Gasteiger partial charge in [0, 0.05) is 22.1 Å². The number of aromatic amines is 2. The molecule has 0 fully saturated rings. The normalized spacial score (nSPS) is 12.5. The molecule has 3 aromatic heterocycles. The van der Waals surface area contributed by atoms with Gasteiger partial charge in [-0.15, -0.1) is 24.8 Å². The van der Waals surface area contributed by atoms with E-state index < -0.39 is 0 Å². The average molecular weight is 619 g/mol. The van der Waals surface area contributed by atoms with Crippen LogP contribution < -0.4 is 0 Å². The van der Waals surface area contributed by atoms with Crippen LogP contribution in [0.4, 0.5) is 0 Å². The number of H-pyrrole nitrogens is 2. The van der Waals surface area contributed by atoms with Gasteiger partial charge in [0.15, 0.2) is 0 Å². The Bertz CT molecular complexity index is 1650. The van der Waals surface area contributed by atoms with Crippen LogP contribution in [-0.4, -0.2) is 19.9 Å². The second-order valence-corrected chi connectivity index (χ2v) is 10.1. The molecule has 2 aliphatic heterocycles. The van der Waals surface area contributed by atoms with Crippen molar-refractivity contribution in [2.24, 2.45) is 0 Å². The molecule has 8 bridgehead atoms. The fraction of sp³-hybridized carbons (Fsp3) is 0.375. The van der Waals surface area contributed by atoms with E-state index in [4.69, 9.17) is 13.6 Å². The molecule has 0 saturated heterocycles. The van der Waals surface area contributed by atoms with Crippen LogP contribution in [0.1, 0.15) is 99.4 Å². The fourth-order valence-corrected chi connectivity index (χ4v) is 6.02. The van der Waals surface area contributed by atoms with Gasteiger partial charge in [-0.2, -0.15) is 0 Å². The van der Waals surface area contributed by atoms with Crippen LogP contribution in [0.2, 0.25) is 0 Å². The number of fused-ring (bicyclic) bond motifs is 8. The number of halogens is 2. The summed E-state index contributed by atoms with van der Waals surface area (Å²) in [6, 6.07) is 8.98. The SMILES string of the molecule is CCC1=C(C)c2cc3[nH]c(cc4[nH]c(cc5nc(cc1n2)C(C)=C5CC)c(C)c4CC)c(C)c3CC.Cl.Cl.[O]=[V]. The molecule has 0 saturated carbocycles. The summed E-state index contributed by atoms with van der Waals surface area (Å²) in [6.07, 6.45) is 3.86. The van der Waals surface area contributed by atoms with Crippen molar-refractivity contribution in [1.82, 2.24) is 19.9 Å². The molecule has 8 heteroatoms. The first-order valence-electron chi connectivity index (χ1n) is 13.6. The minimum absolute atomic E-state index is 0. The number of nitrogens with zero attached hydrogens (tertiary/aromatic N) is 2. The van der Waals surface area contributed by atoms with Crippen LogP contribution >= 0.6 is 24.8 Å². The van der Waals surface area contributed by atoms with E-state index in [9.17, 15) is 0 Å². The van der Waals surface area contributed by atoms with Crippen molar-refractivity contribution in [3.05, 3.63) is 69.3 Å². The zero-order valence-electron chi connectivity index (χ0n) is 24.7. The summed E-state index contributed by atoms with van der Waals surface area (Å²) in [7, 11) is 0. The molecule has 40 heavy (non-hydrogen) atoms. The van der Waals surface area contributed by atoms with Crippen molar-refractivity contribution in [3.63, 3.8) is 0 Å². The standard InChI is InChI=1S/C32H38N4.2ClH.O.V/c1-9-21-17(5)25-14-30-23(11-3)19(7)27(35-30)16-32-24(12-4)20(8)28(36-32)15-31-22(10-2)18(6)26(34-31)13-29(21)33-25;;;;/h13-16,33-34H,9-12H2,1-8H3;2*1H;;. The third kappa shape index (κ3) is 5.80. The van der Waals surface area contributed by atoms with Crippen LogP contribution in [0, 0.1) is 13.8 Å². The van der Waals surface area contributed by atoms with Crippen molar-refractivity contribution in [1.29, 1.82) is 0 Å². The van der Waals surface area contributed by atoms with Gasteiger partial charge in [0.05, 0.1) is 22.8 Å². The van der Waals surface area contributed by atoms with Gasteiger partial charge in [0.2, 0.25) is 0 Å². The summed E-state index contributed by atoms with van der Waals surface area (Å²) < 4.78 is 8.19. The molecule has 2 aliphatic rings. The molecule has 0 spiro atoms. The topological polar surface area (TPSA) is 74.4 Å². The molecule has 0 aromatic carbocycles. The predicted octanol–water partition coefficient (Wildman–Crippen LogP) is 9.46. The summed E-state index contributed by atoms with van der Waals surface area (Å²) in [4.78, 5) is 17.7. The Kier molecular flexibility index (Phi) is 11.8. The summed E-state index contributed by atoms with van der Waals surface area (Å²) in [5, 5.41) is 0. The Labute approximate surface area is 259 Å². The number of nitrogens with one attached hydrogen (secondary N) is 2. The van der Waals surface area contributed by atoms with E-state index in [-0.39, 0.29) is 24.8 Å². The molecule has 0 amide bonds. The monoisotopic (exact) mass is 617 g/mol. The Morgan fingerprint density at radius 2 is 0.925 bits per heavy atom. The van der Waals surface area contributed by atoms with E-state index >= 15 is 0 Å². The second kappa shape index (κ2) is 14.0. The van der Waals surface area contributed by atoms with Gasteiger partial charge in [-0.05, 0) is 122 Å². The number of hydrogen-bond acceptors (Lipinski definition) is 3. The van der Waals surface area contributed by atoms with Gasteiger partial charge in [-0.3, -0.25) is 0 Å². The molecule has 0 aliphatic carbocycles. The average Bonchev–Trinajstić information content (AvgIpc) is 3.57. The molecular formula is C32H40Cl2N4OV. The van der Waals surface area contributed by atoms with Crippen molar-refractivity contribution >= 4 is 69.2 Å². The second-order valence-electron chi connectivity index (χ2n) is 10.1. The summed E-state index contributed by atoms with van der Waals surface area (Å²) in [5.74, 6) is 0. The summed E-state index contributed by atoms with van der Waals surface area (Å²) >= 11 is 1.06. The zero-order valence-corrected chi connectivity index (χ0v) is 27.7. The quantitative estimate of drug-likeness (QED) is 0.306. The van der Waals surface area contributed by atoms with E-state index in [1.807, 2.05) is 0 Å². The van der Waals surface area contributed by atoms with Crippen LogP contribution in [-0.2, 0) is 33.9 Å². The first-order valence-corrected chi connectivity index (χ1v) is 14.2. The van der Waals surface area contributed by atoms with Crippen molar-refractivity contribution in [2.45, 2.75) is 81.1 Å². The summed E-state index contributed by atoms with van der Waals surface area (Å²) in [6.45, 7) is 17.8. The van der Waals surface area contributed by atoms with Crippen molar-refractivity contribution in [2.75, 3.05) is 0 Å². The van der Waals surface area contributed by atoms with Crippen LogP contribution in [0.5, 0.6) is 0 Å². The van der Waals surface area contributed by atoms with Gasteiger partial charge >= 0.3 is 21.0 Å². The van der Waals surface area contributed by atoms with Crippen LogP contribution in [0.15, 0.2) is 24.3 Å². The number of hydrogen-bond donors (Lipinski definition) is 2. The van der Waals surface area contributed by atoms with E-state index in [0.717, 1.165) is 76.9 Å². The number of allylic oxidation sites excluding steroid dienone is 4. The number of rotatable bonds is 4. The minimum atomic E-state index is 0. The molecule has 0 atom stereocenters. The van der Waals surface area contributed by atoms with E-state index in [1.54, 1.807) is 0 Å². The third-order valence-electron chi connectivity index (χ3n) is 8.21. The third-order valence-corrected chi connectivity index (χ3v) is 8.21. The molecule has 5 nitrogen and oxygen atoms in total. The molecule has 0 unspecified atom stereocenters. The van der Waals surface area contributed by atoms with E-state index in [1.165, 1.54) is 55.6 Å². The van der Waals surface area contributed by atoms with Gasteiger partial charge in [0.25, 0.3) is 0 Å². The number of aromatic nitrogens is 4. The fourth-order valence-electron chi connectivity index (χ4n) is 6.02. The Morgan fingerprint density at radius 1 is 0.550 bits per heavy atom. The molecule has 2 N–H and O–H groups in total. The maximum atomic E-state index is 8.19. The molecule has 213 valence electrons. The number of aryl methyl sites for hydroxylation is 4.